The number of hydrogen-bond acceptors (Lipinski definition) is 2. The van der Waals surface area contributed by atoms with E-state index in [0.29, 0.717) is 12.4 Å². The maximum absolute atomic E-state index is 12.4. The Morgan fingerprint density at radius 3 is 2.21 bits per heavy atom. The van der Waals surface area contributed by atoms with Crippen LogP contribution in [-0.2, 0) is 0 Å². The Morgan fingerprint density at radius 2 is 1.63 bits per heavy atom. The third-order valence-electron chi connectivity index (χ3n) is 3.38. The van der Waals surface area contributed by atoms with Gasteiger partial charge < -0.3 is 17.7 Å². The molecule has 2 nitrogen and oxygen atoms in total. The van der Waals surface area contributed by atoms with Gasteiger partial charge in [0.2, 0.25) is 0 Å². The number of likely N-dealkylation sites (tertiary alicyclic amines) is 1. The molecule has 1 heterocycles. The number of benzene rings is 1. The summed E-state index contributed by atoms with van der Waals surface area (Å²) in [5.41, 5.74) is -0.580. The third-order valence-corrected chi connectivity index (χ3v) is 3.38. The lowest BCUT2D eigenvalue weighted by Crippen LogP contribution is -2.34. The molecular formula is C13H18BF3NO-. The van der Waals surface area contributed by atoms with E-state index in [1.807, 2.05) is 0 Å². The summed E-state index contributed by atoms with van der Waals surface area (Å²) in [6.45, 7) is -1.36. The Labute approximate surface area is 111 Å². The van der Waals surface area contributed by atoms with Crippen LogP contribution >= 0.6 is 0 Å². The van der Waals surface area contributed by atoms with Crippen molar-refractivity contribution in [3.63, 3.8) is 0 Å². The lowest BCUT2D eigenvalue weighted by Gasteiger charge is -2.26. The standard InChI is InChI=1S/C13H18BF3NO/c15-14(16,17)12-4-6-13(7-5-12)19-11-10-18-8-2-1-3-9-18/h4-7H,1-3,8-11H2/q-1. The quantitative estimate of drug-likeness (QED) is 0.764. The van der Waals surface area contributed by atoms with E-state index >= 15 is 0 Å². The van der Waals surface area contributed by atoms with E-state index in [4.69, 9.17) is 4.74 Å². The minimum absolute atomic E-state index is 0.501. The first-order valence-corrected chi connectivity index (χ1v) is 6.71. The van der Waals surface area contributed by atoms with E-state index in [1.165, 1.54) is 31.4 Å². The second-order valence-electron chi connectivity index (χ2n) is 4.89. The molecule has 0 atom stereocenters. The molecule has 0 bridgehead atoms. The van der Waals surface area contributed by atoms with Crippen LogP contribution in [0.15, 0.2) is 24.3 Å². The topological polar surface area (TPSA) is 12.5 Å². The van der Waals surface area contributed by atoms with Gasteiger partial charge in [-0.1, -0.05) is 18.6 Å². The monoisotopic (exact) mass is 272 g/mol. The van der Waals surface area contributed by atoms with Crippen LogP contribution in [0.2, 0.25) is 0 Å². The van der Waals surface area contributed by atoms with E-state index in [9.17, 15) is 12.9 Å². The lowest BCUT2D eigenvalue weighted by atomic mass is 9.80. The van der Waals surface area contributed by atoms with Crippen LogP contribution in [0, 0.1) is 0 Å². The SMILES string of the molecule is F[B-](F)(F)c1ccc(OCCN2CCCCC2)cc1. The number of piperidine rings is 1. The van der Waals surface area contributed by atoms with Crippen molar-refractivity contribution in [2.45, 2.75) is 19.3 Å². The summed E-state index contributed by atoms with van der Waals surface area (Å²) in [7, 11) is 0. The molecule has 0 unspecified atom stereocenters. The highest BCUT2D eigenvalue weighted by molar-refractivity contribution is 6.73. The van der Waals surface area contributed by atoms with Crippen molar-refractivity contribution in [2.24, 2.45) is 0 Å². The maximum Gasteiger partial charge on any atom is 0.509 e. The molecule has 0 aromatic heterocycles. The van der Waals surface area contributed by atoms with Gasteiger partial charge in [0.05, 0.1) is 0 Å². The summed E-state index contributed by atoms with van der Waals surface area (Å²) in [6, 6.07) is 4.94. The molecule has 0 radical (unpaired) electrons. The predicted molar refractivity (Wildman–Crippen MR) is 70.9 cm³/mol. The van der Waals surface area contributed by atoms with Gasteiger partial charge in [0.25, 0.3) is 0 Å². The van der Waals surface area contributed by atoms with Crippen molar-refractivity contribution in [1.82, 2.24) is 4.90 Å². The number of nitrogens with zero attached hydrogens (tertiary/aromatic N) is 1. The first kappa shape index (κ1) is 14.2. The predicted octanol–water partition coefficient (Wildman–Crippen LogP) is 2.61. The molecule has 19 heavy (non-hydrogen) atoms. The van der Waals surface area contributed by atoms with Crippen molar-refractivity contribution >= 4 is 12.4 Å². The number of ether oxygens (including phenoxy) is 1. The normalized spacial score (nSPS) is 17.4. The lowest BCUT2D eigenvalue weighted by molar-refractivity contribution is 0.183. The van der Waals surface area contributed by atoms with Gasteiger partial charge in [0.15, 0.2) is 0 Å². The Balaban J connectivity index is 1.76. The average molecular weight is 272 g/mol. The molecule has 0 amide bonds. The second-order valence-corrected chi connectivity index (χ2v) is 4.89. The van der Waals surface area contributed by atoms with Gasteiger partial charge in [-0.2, -0.15) is 0 Å². The van der Waals surface area contributed by atoms with E-state index in [2.05, 4.69) is 4.90 Å². The Morgan fingerprint density at radius 1 is 1.00 bits per heavy atom. The molecule has 0 saturated carbocycles. The smallest absolute Gasteiger partial charge is 0.492 e. The van der Waals surface area contributed by atoms with Gasteiger partial charge in [-0.15, -0.1) is 5.46 Å². The molecule has 0 aliphatic carbocycles. The average Bonchev–Trinajstić information content (AvgIpc) is 2.39. The molecule has 0 spiro atoms. The van der Waals surface area contributed by atoms with Gasteiger partial charge in [-0.05, 0) is 38.1 Å². The zero-order valence-corrected chi connectivity index (χ0v) is 10.8. The molecule has 106 valence electrons. The molecule has 1 aromatic rings. The van der Waals surface area contributed by atoms with Crippen molar-refractivity contribution < 1.29 is 17.7 Å². The molecule has 1 saturated heterocycles. The highest BCUT2D eigenvalue weighted by Gasteiger charge is 2.24. The van der Waals surface area contributed by atoms with Crippen molar-refractivity contribution in [1.29, 1.82) is 0 Å². The summed E-state index contributed by atoms with van der Waals surface area (Å²) >= 11 is 0. The zero-order chi connectivity index (χ0) is 13.7. The van der Waals surface area contributed by atoms with Crippen LogP contribution in [-0.4, -0.2) is 38.1 Å². The zero-order valence-electron chi connectivity index (χ0n) is 10.8. The highest BCUT2D eigenvalue weighted by atomic mass is 19.4. The fourth-order valence-electron chi connectivity index (χ4n) is 2.26. The minimum Gasteiger partial charge on any atom is -0.492 e. The van der Waals surface area contributed by atoms with Crippen molar-refractivity contribution in [3.8, 4) is 5.75 Å². The molecule has 1 aliphatic heterocycles. The summed E-state index contributed by atoms with van der Waals surface area (Å²) in [5.74, 6) is 0.501. The van der Waals surface area contributed by atoms with Gasteiger partial charge in [-0.25, -0.2) is 0 Å². The first-order chi connectivity index (χ1) is 9.05. The van der Waals surface area contributed by atoms with Crippen LogP contribution in [0.1, 0.15) is 19.3 Å². The van der Waals surface area contributed by atoms with E-state index < -0.39 is 12.4 Å². The molecule has 1 aliphatic rings. The Kier molecular flexibility index (Phi) is 4.74. The van der Waals surface area contributed by atoms with Gasteiger partial charge in [0, 0.05) is 6.54 Å². The summed E-state index contributed by atoms with van der Waals surface area (Å²) in [6.07, 6.45) is 3.74. The summed E-state index contributed by atoms with van der Waals surface area (Å²) < 4.78 is 42.8. The fourth-order valence-corrected chi connectivity index (χ4v) is 2.26. The largest absolute Gasteiger partial charge is 0.509 e. The van der Waals surface area contributed by atoms with Crippen LogP contribution in [0.5, 0.6) is 5.75 Å². The van der Waals surface area contributed by atoms with Crippen LogP contribution in [0.25, 0.3) is 0 Å². The van der Waals surface area contributed by atoms with Crippen molar-refractivity contribution in [3.05, 3.63) is 24.3 Å². The van der Waals surface area contributed by atoms with E-state index in [1.54, 1.807) is 0 Å². The molecule has 1 aromatic carbocycles. The van der Waals surface area contributed by atoms with Gasteiger partial charge in [0.1, 0.15) is 12.4 Å². The fraction of sp³-hybridized carbons (Fsp3) is 0.538. The second kappa shape index (κ2) is 6.32. The third kappa shape index (κ3) is 4.46. The molecule has 2 rings (SSSR count). The molecule has 6 heteroatoms. The summed E-state index contributed by atoms with van der Waals surface area (Å²) in [5, 5.41) is 0. The van der Waals surface area contributed by atoms with Crippen LogP contribution in [0.4, 0.5) is 12.9 Å². The number of halogens is 3. The number of hydrogen-bond donors (Lipinski definition) is 0. The maximum atomic E-state index is 12.4. The molecule has 0 N–H and O–H groups in total. The highest BCUT2D eigenvalue weighted by Crippen LogP contribution is 2.14. The summed E-state index contributed by atoms with van der Waals surface area (Å²) in [4.78, 5) is 2.33. The molecular weight excluding hydrogens is 254 g/mol. The van der Waals surface area contributed by atoms with Gasteiger partial charge >= 0.3 is 6.98 Å². The van der Waals surface area contributed by atoms with Crippen LogP contribution in [0.3, 0.4) is 0 Å². The Hall–Kier alpha value is -1.17. The number of rotatable bonds is 5. The molecule has 1 fully saturated rings. The first-order valence-electron chi connectivity index (χ1n) is 6.71. The van der Waals surface area contributed by atoms with E-state index in [0.717, 1.165) is 31.8 Å². The van der Waals surface area contributed by atoms with E-state index in [-0.39, 0.29) is 0 Å². The van der Waals surface area contributed by atoms with Gasteiger partial charge in [-0.3, -0.25) is 4.90 Å². The minimum atomic E-state index is -4.91. The Bertz CT molecular complexity index is 388. The van der Waals surface area contributed by atoms with Crippen LogP contribution < -0.4 is 10.2 Å². The van der Waals surface area contributed by atoms with Crippen molar-refractivity contribution in [2.75, 3.05) is 26.2 Å².